The summed E-state index contributed by atoms with van der Waals surface area (Å²) in [5.74, 6) is -0.0225. The third-order valence-electron chi connectivity index (χ3n) is 3.09. The van der Waals surface area contributed by atoms with E-state index in [1.54, 1.807) is 5.32 Å². The summed E-state index contributed by atoms with van der Waals surface area (Å²) in [5, 5.41) is 3.65. The number of hydrogen-bond donors (Lipinski definition) is 4. The molecule has 1 aromatic rings. The summed E-state index contributed by atoms with van der Waals surface area (Å²) in [5.41, 5.74) is 14.8. The van der Waals surface area contributed by atoms with E-state index >= 15 is 0 Å². The van der Waals surface area contributed by atoms with Crippen LogP contribution in [0, 0.1) is 0 Å². The lowest BCUT2D eigenvalue weighted by atomic mass is 10.0. The maximum atomic E-state index is 11.7. The predicted molar refractivity (Wildman–Crippen MR) is 69.5 cm³/mol. The molecular formula is C13H20Cl2N4O. The number of hydrogen-bond acceptors (Lipinski definition) is 3. The average Bonchev–Trinajstić information content (AvgIpc) is 2.79. The Labute approximate surface area is 131 Å². The minimum atomic E-state index is -0.470. The number of amides is 1. The van der Waals surface area contributed by atoms with E-state index in [1.165, 1.54) is 11.3 Å². The predicted octanol–water partition coefficient (Wildman–Crippen LogP) is -7.99. The standard InChI is InChI=1S/C13H18N4O.2ClH/c14-5-6-16-13(18)11(15)7-9-8-17-12-4-2-1-3-10(9)12;;/h1-4,8,11,17H,5-7,14-15H2,(H,16,18);2*1H/t11-;;/m1../s1. The number of rotatable bonds is 5. The number of fused-ring (bicyclic) bond motifs is 1. The molecule has 0 aromatic heterocycles. The molecule has 20 heavy (non-hydrogen) atoms. The van der Waals surface area contributed by atoms with Gasteiger partial charge in [0.25, 0.3) is 0 Å². The number of primary amides is 1. The minimum Gasteiger partial charge on any atom is -1.00 e. The van der Waals surface area contributed by atoms with E-state index in [4.69, 9.17) is 11.5 Å². The molecule has 2 rings (SSSR count). The molecule has 5 nitrogen and oxygen atoms in total. The van der Waals surface area contributed by atoms with Crippen LogP contribution in [0.15, 0.2) is 30.5 Å². The molecule has 1 aliphatic heterocycles. The Bertz CT molecular complexity index is 479. The van der Waals surface area contributed by atoms with Crippen molar-refractivity contribution in [1.29, 1.82) is 0 Å². The van der Waals surface area contributed by atoms with Crippen LogP contribution in [0.2, 0.25) is 0 Å². The molecule has 0 radical (unpaired) electrons. The van der Waals surface area contributed by atoms with E-state index in [-0.39, 0.29) is 30.7 Å². The third kappa shape index (κ3) is 4.56. The van der Waals surface area contributed by atoms with Gasteiger partial charge in [-0.05, 0) is 6.07 Å². The fourth-order valence-electron chi connectivity index (χ4n) is 2.11. The number of nitrogens with two attached hydrogens (primary N) is 4. The van der Waals surface area contributed by atoms with E-state index < -0.39 is 6.04 Å². The fraction of sp³-hybridized carbons (Fsp3) is 0.308. The first kappa shape index (κ1) is 19.1. The SMILES string of the molecule is NCC[NH2+]C(=O)[C@H](N)CC1=C[NH2+]c2ccccc21.[Cl-].[Cl-]. The van der Waals surface area contributed by atoms with Crippen LogP contribution in [0.1, 0.15) is 12.0 Å². The topological polar surface area (TPSA) is 102 Å². The highest BCUT2D eigenvalue weighted by Crippen LogP contribution is 2.26. The van der Waals surface area contributed by atoms with Crippen LogP contribution < -0.4 is 46.9 Å². The van der Waals surface area contributed by atoms with Crippen LogP contribution >= 0.6 is 0 Å². The summed E-state index contributed by atoms with van der Waals surface area (Å²) in [4.78, 5) is 11.7. The molecule has 0 saturated heterocycles. The highest BCUT2D eigenvalue weighted by atomic mass is 35.5. The molecule has 1 atom stereocenters. The Balaban J connectivity index is 0.00000180. The molecule has 0 unspecified atom stereocenters. The van der Waals surface area contributed by atoms with Crippen LogP contribution in [-0.4, -0.2) is 25.0 Å². The summed E-state index contributed by atoms with van der Waals surface area (Å²) in [7, 11) is 0. The van der Waals surface area contributed by atoms with Crippen LogP contribution in [0.4, 0.5) is 5.69 Å². The van der Waals surface area contributed by atoms with Crippen LogP contribution in [0.3, 0.4) is 0 Å². The second kappa shape index (κ2) is 9.07. The molecule has 112 valence electrons. The summed E-state index contributed by atoms with van der Waals surface area (Å²) in [6.07, 6.45) is 2.62. The minimum absolute atomic E-state index is 0. The zero-order valence-electron chi connectivity index (χ0n) is 11.1. The molecule has 0 fully saturated rings. The van der Waals surface area contributed by atoms with E-state index in [0.717, 1.165) is 5.57 Å². The second-order valence-corrected chi connectivity index (χ2v) is 4.44. The summed E-state index contributed by atoms with van der Waals surface area (Å²) >= 11 is 0. The molecule has 1 aromatic carbocycles. The van der Waals surface area contributed by atoms with Gasteiger partial charge in [0, 0.05) is 30.2 Å². The van der Waals surface area contributed by atoms with Gasteiger partial charge in [-0.2, -0.15) is 0 Å². The van der Waals surface area contributed by atoms with Gasteiger partial charge < -0.3 is 36.3 Å². The number of halogens is 2. The molecule has 0 bridgehead atoms. The largest absolute Gasteiger partial charge is 1.00 e. The van der Waals surface area contributed by atoms with E-state index in [1.807, 2.05) is 18.3 Å². The number of para-hydroxylation sites is 1. The Hall–Kier alpha value is -0.950. The average molecular weight is 319 g/mol. The van der Waals surface area contributed by atoms with Gasteiger partial charge in [0.15, 0.2) is 0 Å². The van der Waals surface area contributed by atoms with Crippen LogP contribution in [-0.2, 0) is 4.79 Å². The van der Waals surface area contributed by atoms with E-state index in [0.29, 0.717) is 19.5 Å². The lowest BCUT2D eigenvalue weighted by molar-refractivity contribution is -0.567. The first-order valence-electron chi connectivity index (χ1n) is 6.18. The molecule has 1 amide bonds. The first-order valence-corrected chi connectivity index (χ1v) is 6.18. The summed E-state index contributed by atoms with van der Waals surface area (Å²) in [6.45, 7) is 1.08. The van der Waals surface area contributed by atoms with Gasteiger partial charge in [0.05, 0.1) is 6.54 Å². The maximum Gasteiger partial charge on any atom is 0.327 e. The van der Waals surface area contributed by atoms with Crippen molar-refractivity contribution in [1.82, 2.24) is 0 Å². The lowest BCUT2D eigenvalue weighted by Crippen LogP contribution is -3.00. The van der Waals surface area contributed by atoms with E-state index in [2.05, 4.69) is 17.4 Å². The van der Waals surface area contributed by atoms with Crippen molar-refractivity contribution in [2.24, 2.45) is 11.5 Å². The quantitative estimate of drug-likeness (QED) is 0.405. The second-order valence-electron chi connectivity index (χ2n) is 4.44. The molecule has 7 heteroatoms. The Kier molecular flexibility index (Phi) is 8.64. The van der Waals surface area contributed by atoms with Crippen molar-refractivity contribution in [2.45, 2.75) is 12.5 Å². The normalized spacial score (nSPS) is 13.6. The smallest absolute Gasteiger partial charge is 0.327 e. The number of carbonyl (C=O) groups excluding carboxylic acids is 1. The van der Waals surface area contributed by atoms with Crippen molar-refractivity contribution in [3.63, 3.8) is 0 Å². The zero-order valence-corrected chi connectivity index (χ0v) is 12.6. The number of benzene rings is 1. The van der Waals surface area contributed by atoms with Crippen molar-refractivity contribution in [3.05, 3.63) is 36.0 Å². The molecule has 1 aliphatic rings. The van der Waals surface area contributed by atoms with Crippen molar-refractivity contribution < 1.29 is 40.2 Å². The molecular weight excluding hydrogens is 299 g/mol. The van der Waals surface area contributed by atoms with E-state index in [9.17, 15) is 4.79 Å². The van der Waals surface area contributed by atoms with Crippen molar-refractivity contribution in [3.8, 4) is 0 Å². The van der Waals surface area contributed by atoms with Gasteiger partial charge in [-0.1, -0.05) is 12.1 Å². The van der Waals surface area contributed by atoms with Gasteiger partial charge in [-0.25, -0.2) is 4.79 Å². The molecule has 0 spiro atoms. The van der Waals surface area contributed by atoms with Crippen LogP contribution in [0.25, 0.3) is 5.57 Å². The van der Waals surface area contributed by atoms with Crippen LogP contribution in [0.5, 0.6) is 0 Å². The third-order valence-corrected chi connectivity index (χ3v) is 3.09. The summed E-state index contributed by atoms with van der Waals surface area (Å²) in [6, 6.07) is 7.66. The Morgan fingerprint density at radius 2 is 2.00 bits per heavy atom. The van der Waals surface area contributed by atoms with Gasteiger partial charge in [-0.15, -0.1) is 0 Å². The monoisotopic (exact) mass is 318 g/mol. The summed E-state index contributed by atoms with van der Waals surface area (Å²) < 4.78 is 0. The number of carbonyl (C=O) groups is 1. The first-order chi connectivity index (χ1) is 8.72. The lowest BCUT2D eigenvalue weighted by Gasteiger charge is -2.08. The number of quaternary nitrogens is 2. The van der Waals surface area contributed by atoms with Gasteiger partial charge in [-0.3, -0.25) is 10.6 Å². The van der Waals surface area contributed by atoms with Gasteiger partial charge in [0.1, 0.15) is 17.9 Å². The van der Waals surface area contributed by atoms with Crippen molar-refractivity contribution in [2.75, 3.05) is 13.1 Å². The Morgan fingerprint density at radius 1 is 1.30 bits per heavy atom. The zero-order chi connectivity index (χ0) is 13.0. The molecule has 1 heterocycles. The maximum absolute atomic E-state index is 11.7. The molecule has 0 saturated carbocycles. The Morgan fingerprint density at radius 3 is 2.70 bits per heavy atom. The molecule has 0 aliphatic carbocycles. The molecule has 8 N–H and O–H groups in total. The van der Waals surface area contributed by atoms with Gasteiger partial charge in [0.2, 0.25) is 0 Å². The highest BCUT2D eigenvalue weighted by Gasteiger charge is 2.24. The van der Waals surface area contributed by atoms with Gasteiger partial charge >= 0.3 is 5.91 Å². The fourth-order valence-corrected chi connectivity index (χ4v) is 2.11. The highest BCUT2D eigenvalue weighted by molar-refractivity contribution is 5.80. The van der Waals surface area contributed by atoms with Crippen molar-refractivity contribution >= 4 is 17.2 Å².